The lowest BCUT2D eigenvalue weighted by atomic mass is 9.92. The molecule has 1 aromatic heterocycles. The van der Waals surface area contributed by atoms with Crippen molar-refractivity contribution in [1.29, 1.82) is 0 Å². The minimum atomic E-state index is -0.295. The molecule has 6 heteroatoms. The molecule has 0 radical (unpaired) electrons. The molecule has 0 bridgehead atoms. The van der Waals surface area contributed by atoms with Gasteiger partial charge < -0.3 is 10.2 Å². The molecule has 1 heterocycles. The number of aryl methyl sites for hydroxylation is 1. The Labute approximate surface area is 224 Å². The van der Waals surface area contributed by atoms with Crippen molar-refractivity contribution in [3.63, 3.8) is 0 Å². The summed E-state index contributed by atoms with van der Waals surface area (Å²) >= 11 is 0. The van der Waals surface area contributed by atoms with Crippen LogP contribution in [0.25, 0.3) is 11.8 Å². The molecule has 194 valence electrons. The third-order valence-electron chi connectivity index (χ3n) is 6.10. The zero-order valence-corrected chi connectivity index (χ0v) is 22.4. The van der Waals surface area contributed by atoms with Crippen molar-refractivity contribution < 1.29 is 9.59 Å². The fourth-order valence-electron chi connectivity index (χ4n) is 3.93. The summed E-state index contributed by atoms with van der Waals surface area (Å²) in [7, 11) is 0. The van der Waals surface area contributed by atoms with Crippen molar-refractivity contribution in [2.75, 3.05) is 11.9 Å². The highest BCUT2D eigenvalue weighted by atomic mass is 16.2. The Morgan fingerprint density at radius 1 is 0.921 bits per heavy atom. The van der Waals surface area contributed by atoms with E-state index in [-0.39, 0.29) is 23.8 Å². The molecular formula is C32H34N4O2. The predicted octanol–water partition coefficient (Wildman–Crippen LogP) is 6.16. The highest BCUT2D eigenvalue weighted by Crippen LogP contribution is 2.26. The molecule has 0 atom stereocenters. The molecule has 4 aromatic rings. The number of nitrogens with one attached hydrogen (secondary N) is 1. The van der Waals surface area contributed by atoms with Gasteiger partial charge in [-0.25, -0.2) is 4.68 Å². The molecule has 0 aliphatic carbocycles. The highest BCUT2D eigenvalue weighted by molar-refractivity contribution is 5.97. The number of rotatable bonds is 8. The number of aromatic nitrogens is 2. The molecule has 2 amide bonds. The normalized spacial score (nSPS) is 11.5. The largest absolute Gasteiger partial charge is 0.326 e. The molecule has 0 saturated carbocycles. The summed E-state index contributed by atoms with van der Waals surface area (Å²) in [5.74, 6) is 0.0297. The van der Waals surface area contributed by atoms with E-state index in [1.54, 1.807) is 15.7 Å². The summed E-state index contributed by atoms with van der Waals surface area (Å²) in [4.78, 5) is 28.1. The van der Waals surface area contributed by atoms with Gasteiger partial charge in [0, 0.05) is 24.1 Å². The van der Waals surface area contributed by atoms with E-state index >= 15 is 0 Å². The third-order valence-corrected chi connectivity index (χ3v) is 6.10. The molecule has 0 unspecified atom stereocenters. The Balaban J connectivity index is 1.57. The van der Waals surface area contributed by atoms with E-state index in [4.69, 9.17) is 5.10 Å². The molecule has 1 N–H and O–H groups in total. The monoisotopic (exact) mass is 506 g/mol. The maximum atomic E-state index is 13.3. The summed E-state index contributed by atoms with van der Waals surface area (Å²) in [6.07, 6.45) is 3.28. The minimum absolute atomic E-state index is 0.100. The second kappa shape index (κ2) is 11.7. The van der Waals surface area contributed by atoms with Gasteiger partial charge in [-0.3, -0.25) is 9.59 Å². The lowest BCUT2D eigenvalue weighted by Gasteiger charge is -2.21. The van der Waals surface area contributed by atoms with Crippen LogP contribution in [0.15, 0.2) is 97.1 Å². The summed E-state index contributed by atoms with van der Waals surface area (Å²) in [5, 5.41) is 7.79. The number of amides is 2. The average molecular weight is 507 g/mol. The molecule has 0 aliphatic heterocycles. The molecule has 0 saturated heterocycles. The van der Waals surface area contributed by atoms with Crippen molar-refractivity contribution in [2.24, 2.45) is 0 Å². The van der Waals surface area contributed by atoms with Gasteiger partial charge in [-0.1, -0.05) is 99.1 Å². The number of benzene rings is 3. The Bertz CT molecular complexity index is 1400. The van der Waals surface area contributed by atoms with Gasteiger partial charge in [-0.15, -0.1) is 0 Å². The smallest absolute Gasteiger partial charge is 0.247 e. The van der Waals surface area contributed by atoms with Crippen LogP contribution in [-0.4, -0.2) is 33.0 Å². The van der Waals surface area contributed by atoms with Crippen LogP contribution in [0.2, 0.25) is 0 Å². The Morgan fingerprint density at radius 2 is 1.55 bits per heavy atom. The summed E-state index contributed by atoms with van der Waals surface area (Å²) in [5.41, 5.74) is 4.51. The SMILES string of the molecule is Cc1ccc(-n2nc(C(C)(C)C)cc2NC(=O)CN(Cc2ccccc2)C(=O)C=Cc2ccccc2)cc1. The zero-order valence-electron chi connectivity index (χ0n) is 22.4. The Morgan fingerprint density at radius 3 is 2.18 bits per heavy atom. The third kappa shape index (κ3) is 7.07. The first kappa shape index (κ1) is 26.6. The van der Waals surface area contributed by atoms with Crippen molar-refractivity contribution in [2.45, 2.75) is 39.7 Å². The minimum Gasteiger partial charge on any atom is -0.326 e. The maximum absolute atomic E-state index is 13.3. The second-order valence-electron chi connectivity index (χ2n) is 10.4. The van der Waals surface area contributed by atoms with Crippen molar-refractivity contribution >= 4 is 23.7 Å². The number of hydrogen-bond acceptors (Lipinski definition) is 3. The van der Waals surface area contributed by atoms with Gasteiger partial charge in [-0.2, -0.15) is 5.10 Å². The molecule has 6 nitrogen and oxygen atoms in total. The predicted molar refractivity (Wildman–Crippen MR) is 153 cm³/mol. The van der Waals surface area contributed by atoms with Crippen LogP contribution >= 0.6 is 0 Å². The van der Waals surface area contributed by atoms with Crippen molar-refractivity contribution in [3.8, 4) is 5.69 Å². The molecule has 4 rings (SSSR count). The van der Waals surface area contributed by atoms with E-state index in [1.165, 1.54) is 6.08 Å². The van der Waals surface area contributed by atoms with Crippen LogP contribution in [0.1, 0.15) is 43.2 Å². The van der Waals surface area contributed by atoms with Gasteiger partial charge in [0.05, 0.1) is 11.4 Å². The van der Waals surface area contributed by atoms with Crippen LogP contribution < -0.4 is 5.32 Å². The van der Waals surface area contributed by atoms with E-state index in [1.807, 2.05) is 97.9 Å². The quantitative estimate of drug-likeness (QED) is 0.291. The first-order valence-electron chi connectivity index (χ1n) is 12.7. The maximum Gasteiger partial charge on any atom is 0.247 e. The molecule has 0 spiro atoms. The lowest BCUT2D eigenvalue weighted by molar-refractivity contribution is -0.131. The lowest BCUT2D eigenvalue weighted by Crippen LogP contribution is -2.37. The molecule has 38 heavy (non-hydrogen) atoms. The van der Waals surface area contributed by atoms with Crippen LogP contribution in [0.5, 0.6) is 0 Å². The fraction of sp³-hybridized carbons (Fsp3) is 0.219. The van der Waals surface area contributed by atoms with Gasteiger partial charge in [-0.05, 0) is 36.3 Å². The van der Waals surface area contributed by atoms with E-state index < -0.39 is 0 Å². The van der Waals surface area contributed by atoms with Crippen LogP contribution in [0.4, 0.5) is 5.82 Å². The van der Waals surface area contributed by atoms with Crippen LogP contribution in [0, 0.1) is 6.92 Å². The van der Waals surface area contributed by atoms with Crippen molar-refractivity contribution in [1.82, 2.24) is 14.7 Å². The zero-order chi connectivity index (χ0) is 27.1. The van der Waals surface area contributed by atoms with E-state index in [0.29, 0.717) is 12.4 Å². The number of hydrogen-bond donors (Lipinski definition) is 1. The van der Waals surface area contributed by atoms with Gasteiger partial charge in [0.25, 0.3) is 0 Å². The van der Waals surface area contributed by atoms with E-state index in [0.717, 1.165) is 28.1 Å². The molecule has 0 fully saturated rings. The summed E-state index contributed by atoms with van der Waals surface area (Å²) < 4.78 is 1.75. The van der Waals surface area contributed by atoms with Gasteiger partial charge in [0.15, 0.2) is 0 Å². The van der Waals surface area contributed by atoms with Crippen molar-refractivity contribution in [3.05, 3.63) is 119 Å². The first-order chi connectivity index (χ1) is 18.2. The molecule has 3 aromatic carbocycles. The van der Waals surface area contributed by atoms with E-state index in [9.17, 15) is 9.59 Å². The number of carbonyl (C=O) groups is 2. The molecule has 0 aliphatic rings. The number of anilines is 1. The van der Waals surface area contributed by atoms with Gasteiger partial charge >= 0.3 is 0 Å². The first-order valence-corrected chi connectivity index (χ1v) is 12.7. The van der Waals surface area contributed by atoms with E-state index in [2.05, 4.69) is 26.1 Å². The number of nitrogens with zero attached hydrogens (tertiary/aromatic N) is 3. The topological polar surface area (TPSA) is 67.2 Å². The molecular weight excluding hydrogens is 472 g/mol. The summed E-state index contributed by atoms with van der Waals surface area (Å²) in [6.45, 7) is 8.49. The fourth-order valence-corrected chi connectivity index (χ4v) is 3.93. The van der Waals surface area contributed by atoms with Gasteiger partial charge in [0.1, 0.15) is 12.4 Å². The Hall–Kier alpha value is -4.45. The Kier molecular flexibility index (Phi) is 8.22. The number of carbonyl (C=O) groups excluding carboxylic acids is 2. The second-order valence-corrected chi connectivity index (χ2v) is 10.4. The van der Waals surface area contributed by atoms with Crippen LogP contribution in [-0.2, 0) is 21.5 Å². The standard InChI is InChI=1S/C32H34N4O2/c1-24-15-18-27(19-16-24)36-29(21-28(34-36)32(2,3)4)33-30(37)23-35(22-26-13-9-6-10-14-26)31(38)20-17-25-11-7-5-8-12-25/h5-21H,22-23H2,1-4H3,(H,33,37). The highest BCUT2D eigenvalue weighted by Gasteiger charge is 2.23. The summed E-state index contributed by atoms with van der Waals surface area (Å²) in [6, 6.07) is 29.2. The van der Waals surface area contributed by atoms with Gasteiger partial charge in [0.2, 0.25) is 11.8 Å². The average Bonchev–Trinajstić information content (AvgIpc) is 3.33. The van der Waals surface area contributed by atoms with Crippen LogP contribution in [0.3, 0.4) is 0 Å².